The topological polar surface area (TPSA) is 74.4 Å². The van der Waals surface area contributed by atoms with E-state index >= 15 is 0 Å². The Kier molecular flexibility index (Phi) is 7.92. The Hall–Kier alpha value is -4.13. The average Bonchev–Trinajstić information content (AvgIpc) is 2.96. The largest absolute Gasteiger partial charge is 0.380 e. The van der Waals surface area contributed by atoms with Gasteiger partial charge < -0.3 is 14.2 Å². The van der Waals surface area contributed by atoms with Crippen molar-refractivity contribution >= 4 is 16.7 Å². The van der Waals surface area contributed by atoms with E-state index in [9.17, 15) is 18.8 Å². The van der Waals surface area contributed by atoms with Gasteiger partial charge in [-0.2, -0.15) is 5.26 Å². The van der Waals surface area contributed by atoms with Crippen molar-refractivity contribution in [1.29, 1.82) is 5.26 Å². The number of nitriles is 1. The van der Waals surface area contributed by atoms with Crippen molar-refractivity contribution in [2.75, 3.05) is 31.2 Å². The molecule has 7 nitrogen and oxygen atoms in total. The number of piperazine rings is 1. The summed E-state index contributed by atoms with van der Waals surface area (Å²) >= 11 is 0. The van der Waals surface area contributed by atoms with Gasteiger partial charge in [0, 0.05) is 38.9 Å². The molecule has 2 atom stereocenters. The number of aromatic nitrogens is 2. The fourth-order valence-corrected chi connectivity index (χ4v) is 5.58. The molecule has 0 unspecified atom stereocenters. The fraction of sp³-hybridized carbons (Fsp3) is 0.323. The summed E-state index contributed by atoms with van der Waals surface area (Å²) < 4.78 is 35.3. The second kappa shape index (κ2) is 11.5. The quantitative estimate of drug-likeness (QED) is 0.334. The van der Waals surface area contributed by atoms with Crippen molar-refractivity contribution < 1.29 is 13.5 Å². The molecule has 2 aromatic carbocycles. The molecule has 0 saturated carbocycles. The summed E-state index contributed by atoms with van der Waals surface area (Å²) in [7, 11) is 1.69. The van der Waals surface area contributed by atoms with Gasteiger partial charge in [0.15, 0.2) is 0 Å². The molecule has 0 N–H and O–H groups in total. The molecule has 1 aliphatic heterocycles. The fourth-order valence-electron chi connectivity index (χ4n) is 5.58. The maximum Gasteiger partial charge on any atom is 0.252 e. The lowest BCUT2D eigenvalue weighted by molar-refractivity contribution is 0.0356. The van der Waals surface area contributed by atoms with E-state index in [1.807, 2.05) is 6.92 Å². The number of nitrogens with zero attached hydrogens (tertiary/aromatic N) is 5. The van der Waals surface area contributed by atoms with Crippen molar-refractivity contribution in [3.63, 3.8) is 0 Å². The van der Waals surface area contributed by atoms with Gasteiger partial charge in [-0.3, -0.25) is 9.69 Å². The van der Waals surface area contributed by atoms with Gasteiger partial charge in [0.05, 0.1) is 29.9 Å². The number of pyridine rings is 2. The van der Waals surface area contributed by atoms with Gasteiger partial charge in [0.25, 0.3) is 5.56 Å². The van der Waals surface area contributed by atoms with Crippen LogP contribution in [0.1, 0.15) is 36.7 Å². The lowest BCUT2D eigenvalue weighted by Gasteiger charge is -2.49. The molecule has 2 aromatic heterocycles. The normalized spacial score (nSPS) is 17.9. The zero-order chi connectivity index (χ0) is 28.4. The highest BCUT2D eigenvalue weighted by molar-refractivity contribution is 5.89. The molecule has 1 fully saturated rings. The Morgan fingerprint density at radius 1 is 1.02 bits per heavy atom. The third-order valence-electron chi connectivity index (χ3n) is 7.59. The van der Waals surface area contributed by atoms with E-state index < -0.39 is 0 Å². The van der Waals surface area contributed by atoms with Crippen molar-refractivity contribution in [2.45, 2.75) is 32.0 Å². The van der Waals surface area contributed by atoms with Crippen molar-refractivity contribution in [2.24, 2.45) is 7.05 Å². The zero-order valence-corrected chi connectivity index (χ0v) is 22.7. The van der Waals surface area contributed by atoms with Crippen LogP contribution in [-0.2, 0) is 11.8 Å². The highest BCUT2D eigenvalue weighted by atomic mass is 19.1. The molecule has 40 heavy (non-hydrogen) atoms. The number of ether oxygens (including phenoxy) is 1. The maximum absolute atomic E-state index is 13.9. The molecule has 0 aliphatic carbocycles. The van der Waals surface area contributed by atoms with Gasteiger partial charge in [-0.05, 0) is 61.4 Å². The first-order valence-corrected chi connectivity index (χ1v) is 13.3. The summed E-state index contributed by atoms with van der Waals surface area (Å²) in [6, 6.07) is 19.4. The third kappa shape index (κ3) is 5.33. The zero-order valence-electron chi connectivity index (χ0n) is 22.7. The highest BCUT2D eigenvalue weighted by Gasteiger charge is 2.38. The van der Waals surface area contributed by atoms with Crippen LogP contribution in [0.25, 0.3) is 11.0 Å². The molecule has 1 aliphatic rings. The van der Waals surface area contributed by atoms with E-state index in [1.54, 1.807) is 49.5 Å². The molecule has 1 saturated heterocycles. The smallest absolute Gasteiger partial charge is 0.252 e. The predicted molar refractivity (Wildman–Crippen MR) is 150 cm³/mol. The van der Waals surface area contributed by atoms with E-state index in [0.717, 1.165) is 11.1 Å². The van der Waals surface area contributed by atoms with Gasteiger partial charge in [0.1, 0.15) is 28.9 Å². The first-order valence-electron chi connectivity index (χ1n) is 13.3. The van der Waals surface area contributed by atoms with E-state index in [1.165, 1.54) is 28.8 Å². The Morgan fingerprint density at radius 2 is 1.65 bits per heavy atom. The summed E-state index contributed by atoms with van der Waals surface area (Å²) in [4.78, 5) is 22.0. The number of benzene rings is 2. The number of fused-ring (bicyclic) bond motifs is 1. The second-order valence-electron chi connectivity index (χ2n) is 10.1. The Bertz CT molecular complexity index is 1550. The van der Waals surface area contributed by atoms with Crippen LogP contribution >= 0.6 is 0 Å². The summed E-state index contributed by atoms with van der Waals surface area (Å²) in [6.45, 7) is 6.05. The van der Waals surface area contributed by atoms with Gasteiger partial charge >= 0.3 is 0 Å². The summed E-state index contributed by atoms with van der Waals surface area (Å²) in [5.74, 6) is -0.653. The number of aryl methyl sites for hydroxylation is 1. The Labute approximate surface area is 231 Å². The molecule has 9 heteroatoms. The highest BCUT2D eigenvalue weighted by Crippen LogP contribution is 2.36. The minimum atomic E-state index is -0.326. The summed E-state index contributed by atoms with van der Waals surface area (Å²) in [5, 5.41) is 9.50. The molecule has 206 valence electrons. The van der Waals surface area contributed by atoms with Crippen LogP contribution in [0, 0.1) is 23.0 Å². The van der Waals surface area contributed by atoms with Crippen LogP contribution in [-0.4, -0.2) is 52.8 Å². The number of anilines is 1. The predicted octanol–water partition coefficient (Wildman–Crippen LogP) is 4.79. The van der Waals surface area contributed by atoms with Crippen molar-refractivity contribution in [3.8, 4) is 6.07 Å². The molecule has 0 bridgehead atoms. The average molecular weight is 544 g/mol. The number of hydrogen-bond acceptors (Lipinski definition) is 6. The second-order valence-corrected chi connectivity index (χ2v) is 10.1. The summed E-state index contributed by atoms with van der Waals surface area (Å²) in [5.41, 5.74) is 3.78. The number of hydrogen-bond donors (Lipinski definition) is 0. The molecule has 5 rings (SSSR count). The van der Waals surface area contributed by atoms with Crippen LogP contribution in [0.5, 0.6) is 0 Å². The number of rotatable bonds is 7. The van der Waals surface area contributed by atoms with Gasteiger partial charge in [0.2, 0.25) is 0 Å². The van der Waals surface area contributed by atoms with E-state index in [0.29, 0.717) is 43.0 Å². The van der Waals surface area contributed by atoms with Gasteiger partial charge in [-0.15, -0.1) is 0 Å². The minimum absolute atomic E-state index is 0.0656. The molecule has 0 radical (unpaired) electrons. The van der Waals surface area contributed by atoms with Crippen LogP contribution in [0.4, 0.5) is 14.5 Å². The van der Waals surface area contributed by atoms with E-state index in [2.05, 4.69) is 27.8 Å². The number of halogens is 2. The van der Waals surface area contributed by atoms with Gasteiger partial charge in [-0.1, -0.05) is 24.3 Å². The van der Waals surface area contributed by atoms with Crippen LogP contribution in [0.2, 0.25) is 0 Å². The molecule has 3 heterocycles. The molecular formula is C31H31F2N5O2. The summed E-state index contributed by atoms with van der Waals surface area (Å²) in [6.07, 6.45) is 0. The monoisotopic (exact) mass is 543 g/mol. The Balaban J connectivity index is 1.60. The van der Waals surface area contributed by atoms with Crippen LogP contribution < -0.4 is 10.5 Å². The SMILES string of the molecule is CCOC[C@@H]1CN(c2cc(=O)n(C)c3ccc(C#N)nc23)[C@@H](C)CN1C(c1ccc(F)cc1)c1ccc(F)cc1. The minimum Gasteiger partial charge on any atom is -0.380 e. The van der Waals surface area contributed by atoms with Crippen molar-refractivity contribution in [3.05, 3.63) is 106 Å². The van der Waals surface area contributed by atoms with E-state index in [-0.39, 0.29) is 41.0 Å². The Morgan fingerprint density at radius 3 is 2.23 bits per heavy atom. The van der Waals surface area contributed by atoms with Gasteiger partial charge in [-0.25, -0.2) is 13.8 Å². The first kappa shape index (κ1) is 27.4. The van der Waals surface area contributed by atoms with Crippen LogP contribution in [0.3, 0.4) is 0 Å². The van der Waals surface area contributed by atoms with E-state index in [4.69, 9.17) is 4.74 Å². The molecule has 0 amide bonds. The third-order valence-corrected chi connectivity index (χ3v) is 7.59. The molecule has 0 spiro atoms. The molecular weight excluding hydrogens is 512 g/mol. The maximum atomic E-state index is 13.9. The van der Waals surface area contributed by atoms with Crippen molar-refractivity contribution in [1.82, 2.24) is 14.5 Å². The lowest BCUT2D eigenvalue weighted by Crippen LogP contribution is -2.60. The standard InChI is InChI=1S/C31H31F2N5O2/c1-4-40-19-26-18-37(28-15-29(39)36(3)27-14-13-25(16-34)35-30(27)28)20(2)17-38(26)31(21-5-9-23(32)10-6-21)22-7-11-24(33)12-8-22/h5-15,20,26,31H,4,17-19H2,1-3H3/t20-,26-/m0/s1. The first-order chi connectivity index (χ1) is 19.3. The van der Waals surface area contributed by atoms with Crippen LogP contribution in [0.15, 0.2) is 71.5 Å². The lowest BCUT2D eigenvalue weighted by atomic mass is 9.93. The molecule has 4 aromatic rings.